The molecule has 1 aromatic heterocycles. The summed E-state index contributed by atoms with van der Waals surface area (Å²) in [5, 5.41) is 6.22. The van der Waals surface area contributed by atoms with Crippen LogP contribution in [0.2, 0.25) is 10.0 Å². The number of rotatable bonds is 5. The monoisotopic (exact) mass is 472 g/mol. The number of carbonyl (C=O) groups is 1. The Labute approximate surface area is 184 Å². The van der Waals surface area contributed by atoms with E-state index in [1.54, 1.807) is 13.0 Å². The number of carbonyl (C=O) groups excluding carboxylic acids is 1. The SMILES string of the molecule is Cc1cc(NC(=O)Cn2ncc(Cl)c(Cl)c2=O)ccc1S(=O)(=O)N1CCCCCC1. The zero-order valence-corrected chi connectivity index (χ0v) is 18.7. The number of hydrogen-bond donors (Lipinski definition) is 1. The molecule has 1 aliphatic heterocycles. The van der Waals surface area contributed by atoms with Gasteiger partial charge in [0.2, 0.25) is 15.9 Å². The minimum atomic E-state index is -3.59. The van der Waals surface area contributed by atoms with Crippen LogP contribution in [0.25, 0.3) is 0 Å². The van der Waals surface area contributed by atoms with Crippen molar-refractivity contribution in [1.82, 2.24) is 14.1 Å². The topological polar surface area (TPSA) is 101 Å². The highest BCUT2D eigenvalue weighted by Gasteiger charge is 2.26. The average molecular weight is 473 g/mol. The standard InChI is InChI=1S/C19H22Cl2N4O4S/c1-13-10-14(23-17(26)12-25-19(27)18(21)15(20)11-22-25)6-7-16(13)30(28,29)24-8-4-2-3-5-9-24/h6-7,10-11H,2-5,8-9,12H2,1H3,(H,23,26). The van der Waals surface area contributed by atoms with Crippen LogP contribution in [-0.2, 0) is 21.4 Å². The van der Waals surface area contributed by atoms with Gasteiger partial charge in [-0.3, -0.25) is 9.59 Å². The van der Waals surface area contributed by atoms with Gasteiger partial charge in [0.05, 0.1) is 16.1 Å². The molecule has 8 nitrogen and oxygen atoms in total. The third kappa shape index (κ3) is 5.03. The Morgan fingerprint density at radius 2 is 1.83 bits per heavy atom. The van der Waals surface area contributed by atoms with Crippen molar-refractivity contribution in [2.24, 2.45) is 0 Å². The lowest BCUT2D eigenvalue weighted by Crippen LogP contribution is -2.32. The molecule has 0 aliphatic carbocycles. The molecule has 11 heteroatoms. The van der Waals surface area contributed by atoms with Crippen LogP contribution in [0.4, 0.5) is 5.69 Å². The smallest absolute Gasteiger partial charge is 0.287 e. The van der Waals surface area contributed by atoms with Gasteiger partial charge in [0, 0.05) is 18.8 Å². The maximum absolute atomic E-state index is 13.0. The van der Waals surface area contributed by atoms with Crippen LogP contribution >= 0.6 is 23.2 Å². The molecule has 1 N–H and O–H groups in total. The summed E-state index contributed by atoms with van der Waals surface area (Å²) in [4.78, 5) is 24.5. The summed E-state index contributed by atoms with van der Waals surface area (Å²) in [5.41, 5.74) is 0.275. The van der Waals surface area contributed by atoms with Gasteiger partial charge in [0.25, 0.3) is 5.56 Å². The molecule has 0 saturated carbocycles. The minimum absolute atomic E-state index is 0.00940. The van der Waals surface area contributed by atoms with E-state index in [2.05, 4.69) is 10.4 Å². The first-order valence-electron chi connectivity index (χ1n) is 9.52. The van der Waals surface area contributed by atoms with Crippen LogP contribution < -0.4 is 10.9 Å². The maximum Gasteiger partial charge on any atom is 0.287 e. The van der Waals surface area contributed by atoms with Gasteiger partial charge < -0.3 is 5.32 Å². The summed E-state index contributed by atoms with van der Waals surface area (Å²) in [6.07, 6.45) is 4.97. The van der Waals surface area contributed by atoms with E-state index in [4.69, 9.17) is 23.2 Å². The lowest BCUT2D eigenvalue weighted by molar-refractivity contribution is -0.117. The predicted octanol–water partition coefficient (Wildman–Crippen LogP) is 3.06. The minimum Gasteiger partial charge on any atom is -0.324 e. The lowest BCUT2D eigenvalue weighted by atomic mass is 10.2. The zero-order valence-electron chi connectivity index (χ0n) is 16.4. The summed E-state index contributed by atoms with van der Waals surface area (Å²) in [6, 6.07) is 4.61. The average Bonchev–Trinajstić information content (AvgIpc) is 2.98. The number of benzene rings is 1. The van der Waals surface area contributed by atoms with E-state index in [-0.39, 0.29) is 21.5 Å². The normalized spacial score (nSPS) is 15.6. The van der Waals surface area contributed by atoms with Crippen LogP contribution in [0.1, 0.15) is 31.2 Å². The zero-order chi connectivity index (χ0) is 21.9. The van der Waals surface area contributed by atoms with Crippen molar-refractivity contribution in [3.63, 3.8) is 0 Å². The number of anilines is 1. The van der Waals surface area contributed by atoms with Gasteiger partial charge in [0.1, 0.15) is 11.6 Å². The Morgan fingerprint density at radius 3 is 2.47 bits per heavy atom. The summed E-state index contributed by atoms with van der Waals surface area (Å²) < 4.78 is 28.4. The molecule has 1 saturated heterocycles. The van der Waals surface area contributed by atoms with Crippen LogP contribution in [0.3, 0.4) is 0 Å². The molecule has 1 aliphatic rings. The fourth-order valence-corrected chi connectivity index (χ4v) is 5.33. The molecular weight excluding hydrogens is 451 g/mol. The second kappa shape index (κ2) is 9.47. The molecule has 30 heavy (non-hydrogen) atoms. The number of nitrogens with zero attached hydrogens (tertiary/aromatic N) is 3. The van der Waals surface area contributed by atoms with Crippen LogP contribution in [0.5, 0.6) is 0 Å². The van der Waals surface area contributed by atoms with Gasteiger partial charge in [-0.25, -0.2) is 13.1 Å². The highest BCUT2D eigenvalue weighted by Crippen LogP contribution is 2.25. The van der Waals surface area contributed by atoms with Crippen LogP contribution in [0.15, 0.2) is 34.1 Å². The quantitative estimate of drug-likeness (QED) is 0.720. The van der Waals surface area contributed by atoms with Crippen molar-refractivity contribution in [2.45, 2.75) is 44.0 Å². The first-order chi connectivity index (χ1) is 14.2. The highest BCUT2D eigenvalue weighted by molar-refractivity contribution is 7.89. The van der Waals surface area contributed by atoms with Gasteiger partial charge in [-0.1, -0.05) is 36.0 Å². The Morgan fingerprint density at radius 1 is 1.17 bits per heavy atom. The van der Waals surface area contributed by atoms with Gasteiger partial charge in [-0.05, 0) is 43.5 Å². The first-order valence-corrected chi connectivity index (χ1v) is 11.7. The molecule has 0 bridgehead atoms. The number of amides is 1. The fraction of sp³-hybridized carbons (Fsp3) is 0.421. The van der Waals surface area contributed by atoms with Gasteiger partial charge >= 0.3 is 0 Å². The Balaban J connectivity index is 1.74. The number of aromatic nitrogens is 2. The van der Waals surface area contributed by atoms with Gasteiger partial charge in [0.15, 0.2) is 0 Å². The molecule has 0 spiro atoms. The highest BCUT2D eigenvalue weighted by atomic mass is 35.5. The Bertz CT molecular complexity index is 1110. The molecule has 1 aromatic carbocycles. The van der Waals surface area contributed by atoms with Gasteiger partial charge in [-0.2, -0.15) is 9.40 Å². The summed E-state index contributed by atoms with van der Waals surface area (Å²) in [5.74, 6) is -0.509. The van der Waals surface area contributed by atoms with Crippen molar-refractivity contribution >= 4 is 44.8 Å². The first kappa shape index (κ1) is 22.7. The van der Waals surface area contributed by atoms with Crippen molar-refractivity contribution in [3.8, 4) is 0 Å². The van der Waals surface area contributed by atoms with Crippen molar-refractivity contribution in [1.29, 1.82) is 0 Å². The molecule has 2 aromatic rings. The molecule has 0 radical (unpaired) electrons. The maximum atomic E-state index is 13.0. The van der Waals surface area contributed by atoms with Crippen molar-refractivity contribution in [2.75, 3.05) is 18.4 Å². The molecule has 2 heterocycles. The summed E-state index contributed by atoms with van der Waals surface area (Å²) >= 11 is 11.5. The Kier molecular flexibility index (Phi) is 7.18. The second-order valence-electron chi connectivity index (χ2n) is 7.12. The molecule has 1 fully saturated rings. The van der Waals surface area contributed by atoms with Crippen LogP contribution in [-0.4, -0.2) is 41.5 Å². The third-order valence-corrected chi connectivity index (χ3v) is 7.68. The van der Waals surface area contributed by atoms with Crippen molar-refractivity contribution < 1.29 is 13.2 Å². The third-order valence-electron chi connectivity index (χ3n) is 4.88. The van der Waals surface area contributed by atoms with E-state index in [1.807, 2.05) is 0 Å². The van der Waals surface area contributed by atoms with Gasteiger partial charge in [-0.15, -0.1) is 0 Å². The molecule has 3 rings (SSSR count). The van der Waals surface area contributed by atoms with E-state index < -0.39 is 21.5 Å². The van der Waals surface area contributed by atoms with E-state index in [0.29, 0.717) is 24.3 Å². The molecule has 0 atom stereocenters. The summed E-state index contributed by atoms with van der Waals surface area (Å²) in [7, 11) is -3.59. The predicted molar refractivity (Wildman–Crippen MR) is 116 cm³/mol. The number of hydrogen-bond acceptors (Lipinski definition) is 5. The number of aryl methyl sites for hydroxylation is 1. The van der Waals surface area contributed by atoms with Crippen LogP contribution in [0, 0.1) is 6.92 Å². The van der Waals surface area contributed by atoms with E-state index >= 15 is 0 Å². The number of nitrogens with one attached hydrogen (secondary N) is 1. The van der Waals surface area contributed by atoms with E-state index in [1.165, 1.54) is 22.6 Å². The fourth-order valence-electron chi connectivity index (χ4n) is 3.33. The Hall–Kier alpha value is -1.94. The van der Waals surface area contributed by atoms with E-state index in [0.717, 1.165) is 30.4 Å². The number of halogens is 2. The molecule has 162 valence electrons. The molecular formula is C19H22Cl2N4O4S. The summed E-state index contributed by atoms with van der Waals surface area (Å²) in [6.45, 7) is 2.37. The molecule has 0 unspecified atom stereocenters. The second-order valence-corrected chi connectivity index (χ2v) is 9.81. The molecule has 1 amide bonds. The van der Waals surface area contributed by atoms with E-state index in [9.17, 15) is 18.0 Å². The lowest BCUT2D eigenvalue weighted by Gasteiger charge is -2.21. The van der Waals surface area contributed by atoms with Crippen molar-refractivity contribution in [3.05, 3.63) is 50.4 Å². The largest absolute Gasteiger partial charge is 0.324 e. The number of sulfonamides is 1.